The van der Waals surface area contributed by atoms with Gasteiger partial charge in [0.15, 0.2) is 0 Å². The maximum absolute atomic E-state index is 3.25. The Morgan fingerprint density at radius 1 is 1.21 bits per heavy atom. The fourth-order valence-electron chi connectivity index (χ4n) is 1.66. The second-order valence-electron chi connectivity index (χ2n) is 3.52. The zero-order valence-corrected chi connectivity index (χ0v) is 9.35. The van der Waals surface area contributed by atoms with Crippen molar-refractivity contribution in [2.24, 2.45) is 0 Å². The standard InChI is InChI=1S/C12H20N2/c1-4-5-11-7-6-10(9-13-2)8-12(11)14-3/h6-8,13-14H,4-5,9H2,1-3H3. The van der Waals surface area contributed by atoms with Crippen molar-refractivity contribution in [1.82, 2.24) is 5.32 Å². The SMILES string of the molecule is CCCc1ccc(CNC)cc1NC. The first-order chi connectivity index (χ1) is 6.81. The topological polar surface area (TPSA) is 24.1 Å². The third-order valence-corrected chi connectivity index (χ3v) is 2.34. The van der Waals surface area contributed by atoms with E-state index < -0.39 is 0 Å². The molecule has 0 aliphatic heterocycles. The maximum Gasteiger partial charge on any atom is 0.0373 e. The van der Waals surface area contributed by atoms with Gasteiger partial charge in [0, 0.05) is 19.3 Å². The summed E-state index contributed by atoms with van der Waals surface area (Å²) in [6.45, 7) is 3.14. The summed E-state index contributed by atoms with van der Waals surface area (Å²) in [5, 5.41) is 6.41. The van der Waals surface area contributed by atoms with E-state index in [1.54, 1.807) is 0 Å². The molecule has 0 saturated heterocycles. The zero-order chi connectivity index (χ0) is 10.4. The lowest BCUT2D eigenvalue weighted by molar-refractivity contribution is 0.816. The molecule has 0 atom stereocenters. The Hall–Kier alpha value is -1.02. The van der Waals surface area contributed by atoms with Crippen molar-refractivity contribution < 1.29 is 0 Å². The van der Waals surface area contributed by atoms with Crippen molar-refractivity contribution in [1.29, 1.82) is 0 Å². The zero-order valence-electron chi connectivity index (χ0n) is 9.35. The minimum atomic E-state index is 0.932. The first-order valence-electron chi connectivity index (χ1n) is 5.26. The van der Waals surface area contributed by atoms with E-state index in [1.807, 2.05) is 14.1 Å². The van der Waals surface area contributed by atoms with Crippen LogP contribution in [0.4, 0.5) is 5.69 Å². The van der Waals surface area contributed by atoms with Gasteiger partial charge in [-0.15, -0.1) is 0 Å². The van der Waals surface area contributed by atoms with Gasteiger partial charge in [0.25, 0.3) is 0 Å². The largest absolute Gasteiger partial charge is 0.388 e. The van der Waals surface area contributed by atoms with Crippen LogP contribution in [0.15, 0.2) is 18.2 Å². The summed E-state index contributed by atoms with van der Waals surface area (Å²) in [4.78, 5) is 0. The molecule has 78 valence electrons. The van der Waals surface area contributed by atoms with Gasteiger partial charge in [0.1, 0.15) is 0 Å². The molecule has 1 aromatic carbocycles. The highest BCUT2D eigenvalue weighted by atomic mass is 14.8. The second kappa shape index (κ2) is 5.66. The van der Waals surface area contributed by atoms with Crippen molar-refractivity contribution in [3.05, 3.63) is 29.3 Å². The molecule has 0 amide bonds. The monoisotopic (exact) mass is 192 g/mol. The summed E-state index contributed by atoms with van der Waals surface area (Å²) in [5.74, 6) is 0. The second-order valence-corrected chi connectivity index (χ2v) is 3.52. The van der Waals surface area contributed by atoms with E-state index in [9.17, 15) is 0 Å². The predicted molar refractivity (Wildman–Crippen MR) is 62.7 cm³/mol. The van der Waals surface area contributed by atoms with Crippen LogP contribution in [0.5, 0.6) is 0 Å². The summed E-state index contributed by atoms with van der Waals surface area (Å²) in [6, 6.07) is 6.64. The molecule has 0 bridgehead atoms. The normalized spacial score (nSPS) is 10.2. The predicted octanol–water partition coefficient (Wildman–Crippen LogP) is 2.40. The fourth-order valence-corrected chi connectivity index (χ4v) is 1.66. The highest BCUT2D eigenvalue weighted by Crippen LogP contribution is 2.18. The van der Waals surface area contributed by atoms with Crippen molar-refractivity contribution in [3.63, 3.8) is 0 Å². The lowest BCUT2D eigenvalue weighted by Crippen LogP contribution is -2.06. The minimum absolute atomic E-state index is 0.932. The molecule has 0 radical (unpaired) electrons. The quantitative estimate of drug-likeness (QED) is 0.748. The molecule has 0 aromatic heterocycles. The number of anilines is 1. The molecule has 0 spiro atoms. The molecule has 1 aromatic rings. The summed E-state index contributed by atoms with van der Waals surface area (Å²) >= 11 is 0. The van der Waals surface area contributed by atoms with Crippen LogP contribution in [0.25, 0.3) is 0 Å². The first-order valence-corrected chi connectivity index (χ1v) is 5.26. The molecule has 0 unspecified atom stereocenters. The van der Waals surface area contributed by atoms with E-state index >= 15 is 0 Å². The Morgan fingerprint density at radius 3 is 2.57 bits per heavy atom. The molecule has 0 saturated carbocycles. The van der Waals surface area contributed by atoms with Gasteiger partial charge < -0.3 is 10.6 Å². The van der Waals surface area contributed by atoms with E-state index in [4.69, 9.17) is 0 Å². The molecule has 2 N–H and O–H groups in total. The lowest BCUT2D eigenvalue weighted by Gasteiger charge is -2.10. The van der Waals surface area contributed by atoms with Crippen molar-refractivity contribution >= 4 is 5.69 Å². The van der Waals surface area contributed by atoms with Gasteiger partial charge in [0.05, 0.1) is 0 Å². The van der Waals surface area contributed by atoms with E-state index in [0.717, 1.165) is 13.0 Å². The van der Waals surface area contributed by atoms with Gasteiger partial charge >= 0.3 is 0 Å². The average Bonchev–Trinajstić information content (AvgIpc) is 2.21. The number of benzene rings is 1. The van der Waals surface area contributed by atoms with Crippen LogP contribution in [0.3, 0.4) is 0 Å². The van der Waals surface area contributed by atoms with Gasteiger partial charge in [-0.1, -0.05) is 25.5 Å². The molecule has 1 rings (SSSR count). The van der Waals surface area contributed by atoms with Crippen LogP contribution in [0, 0.1) is 0 Å². The van der Waals surface area contributed by atoms with Crippen molar-refractivity contribution in [3.8, 4) is 0 Å². The molecular weight excluding hydrogens is 172 g/mol. The molecular formula is C12H20N2. The van der Waals surface area contributed by atoms with Crippen LogP contribution >= 0.6 is 0 Å². The Kier molecular flexibility index (Phi) is 4.47. The molecule has 2 heteroatoms. The minimum Gasteiger partial charge on any atom is -0.388 e. The van der Waals surface area contributed by atoms with E-state index in [-0.39, 0.29) is 0 Å². The van der Waals surface area contributed by atoms with Crippen LogP contribution in [0.2, 0.25) is 0 Å². The summed E-state index contributed by atoms with van der Waals surface area (Å²) in [6.07, 6.45) is 2.34. The van der Waals surface area contributed by atoms with Crippen LogP contribution in [-0.2, 0) is 13.0 Å². The fraction of sp³-hybridized carbons (Fsp3) is 0.500. The Labute approximate surface area is 86.7 Å². The highest BCUT2D eigenvalue weighted by molar-refractivity contribution is 5.53. The van der Waals surface area contributed by atoms with Gasteiger partial charge in [-0.25, -0.2) is 0 Å². The summed E-state index contributed by atoms with van der Waals surface area (Å²) in [5.41, 5.74) is 4.01. The van der Waals surface area contributed by atoms with Gasteiger partial charge in [0.2, 0.25) is 0 Å². The first kappa shape index (κ1) is 11.1. The maximum atomic E-state index is 3.25. The number of hydrogen-bond acceptors (Lipinski definition) is 2. The number of aryl methyl sites for hydroxylation is 1. The van der Waals surface area contributed by atoms with Crippen LogP contribution < -0.4 is 10.6 Å². The summed E-state index contributed by atoms with van der Waals surface area (Å²) < 4.78 is 0. The molecule has 0 aliphatic carbocycles. The number of nitrogens with one attached hydrogen (secondary N) is 2. The van der Waals surface area contributed by atoms with Crippen molar-refractivity contribution in [2.75, 3.05) is 19.4 Å². The van der Waals surface area contributed by atoms with Crippen LogP contribution in [0.1, 0.15) is 24.5 Å². The third kappa shape index (κ3) is 2.74. The van der Waals surface area contributed by atoms with E-state index in [0.29, 0.717) is 0 Å². The number of hydrogen-bond donors (Lipinski definition) is 2. The van der Waals surface area contributed by atoms with Gasteiger partial charge in [-0.3, -0.25) is 0 Å². The van der Waals surface area contributed by atoms with Crippen molar-refractivity contribution in [2.45, 2.75) is 26.3 Å². The number of rotatable bonds is 5. The molecule has 14 heavy (non-hydrogen) atoms. The third-order valence-electron chi connectivity index (χ3n) is 2.34. The molecule has 0 fully saturated rings. The Balaban J connectivity index is 2.87. The highest BCUT2D eigenvalue weighted by Gasteiger charge is 2.00. The van der Waals surface area contributed by atoms with Gasteiger partial charge in [-0.2, -0.15) is 0 Å². The smallest absolute Gasteiger partial charge is 0.0373 e. The average molecular weight is 192 g/mol. The van der Waals surface area contributed by atoms with Crippen LogP contribution in [-0.4, -0.2) is 14.1 Å². The Morgan fingerprint density at radius 2 is 2.00 bits per heavy atom. The van der Waals surface area contributed by atoms with E-state index in [2.05, 4.69) is 35.8 Å². The Bertz CT molecular complexity index is 282. The summed E-state index contributed by atoms with van der Waals surface area (Å²) in [7, 11) is 3.96. The molecule has 0 aliphatic rings. The molecule has 0 heterocycles. The molecule has 2 nitrogen and oxygen atoms in total. The van der Waals surface area contributed by atoms with E-state index in [1.165, 1.54) is 23.2 Å². The lowest BCUT2D eigenvalue weighted by atomic mass is 10.0. The van der Waals surface area contributed by atoms with Gasteiger partial charge in [-0.05, 0) is 30.7 Å².